The molecular formula is C33H41N2O12S4+. The zero-order valence-corrected chi connectivity index (χ0v) is 31.1. The molecule has 1 unspecified atom stereocenters. The number of aromatic nitrogens is 1. The fourth-order valence-corrected chi connectivity index (χ4v) is 8.67. The lowest BCUT2D eigenvalue weighted by molar-refractivity contribution is -0.668. The number of benzene rings is 2. The number of rotatable bonds is 20. The number of carbonyl (C=O) groups is 1. The highest BCUT2D eigenvalue weighted by Crippen LogP contribution is 2.51. The van der Waals surface area contributed by atoms with Crippen LogP contribution in [0.2, 0.25) is 0 Å². The number of para-hydroxylation sites is 1. The van der Waals surface area contributed by atoms with Gasteiger partial charge in [0, 0.05) is 53.2 Å². The Hall–Kier alpha value is -3.17. The van der Waals surface area contributed by atoms with Crippen molar-refractivity contribution in [1.29, 1.82) is 0 Å². The molecule has 1 aliphatic heterocycles. The van der Waals surface area contributed by atoms with Crippen LogP contribution in [0.25, 0.3) is 16.3 Å². The Morgan fingerprint density at radius 1 is 0.961 bits per heavy atom. The van der Waals surface area contributed by atoms with Gasteiger partial charge < -0.3 is 9.79 Å². The molecule has 1 aliphatic rings. The van der Waals surface area contributed by atoms with Gasteiger partial charge in [-0.2, -0.15) is 26.7 Å². The van der Waals surface area contributed by atoms with Gasteiger partial charge in [0.2, 0.25) is 5.52 Å². The van der Waals surface area contributed by atoms with Gasteiger partial charge in [0.05, 0.1) is 23.5 Å². The van der Waals surface area contributed by atoms with Gasteiger partial charge in [-0.1, -0.05) is 59.6 Å². The molecule has 1 aromatic heterocycles. The summed E-state index contributed by atoms with van der Waals surface area (Å²) in [5.41, 5.74) is 2.97. The summed E-state index contributed by atoms with van der Waals surface area (Å²) in [6.07, 6.45) is 12.4. The van der Waals surface area contributed by atoms with E-state index in [1.165, 1.54) is 0 Å². The Balaban J connectivity index is 1.66. The summed E-state index contributed by atoms with van der Waals surface area (Å²) in [5, 5.41) is 22.0. The number of allylic oxidation sites excluding steroid dienone is 5. The van der Waals surface area contributed by atoms with Crippen molar-refractivity contribution in [3.63, 3.8) is 0 Å². The van der Waals surface area contributed by atoms with Crippen molar-refractivity contribution in [2.24, 2.45) is 0 Å². The molecule has 0 bridgehead atoms. The van der Waals surface area contributed by atoms with E-state index in [1.807, 2.05) is 76.2 Å². The van der Waals surface area contributed by atoms with Crippen LogP contribution in [0.15, 0.2) is 77.4 Å². The molecule has 0 fully saturated rings. The lowest BCUT2D eigenvalue weighted by atomic mass is 9.77. The second-order valence-electron chi connectivity index (χ2n) is 12.0. The van der Waals surface area contributed by atoms with E-state index in [2.05, 4.69) is 21.2 Å². The maximum atomic E-state index is 11.6. The highest BCUT2D eigenvalue weighted by Gasteiger charge is 2.43. The van der Waals surface area contributed by atoms with E-state index in [1.54, 1.807) is 17.4 Å². The van der Waals surface area contributed by atoms with Gasteiger partial charge in [-0.3, -0.25) is 9.11 Å². The number of aryl methyl sites for hydroxylation is 1. The number of unbranched alkanes of at least 4 members (excludes halogenated alkanes) is 2. The van der Waals surface area contributed by atoms with Crippen LogP contribution in [0.1, 0.15) is 62.4 Å². The quantitative estimate of drug-likeness (QED) is 0.0187. The van der Waals surface area contributed by atoms with Crippen molar-refractivity contribution in [2.75, 3.05) is 23.0 Å². The van der Waals surface area contributed by atoms with E-state index < -0.39 is 37.4 Å². The van der Waals surface area contributed by atoms with E-state index >= 15 is 0 Å². The van der Waals surface area contributed by atoms with E-state index in [9.17, 15) is 30.7 Å². The number of anilines is 1. The molecule has 0 amide bonds. The molecule has 51 heavy (non-hydrogen) atoms. The molecule has 2 aromatic carbocycles. The molecule has 0 spiro atoms. The zero-order chi connectivity index (χ0) is 37.1. The van der Waals surface area contributed by atoms with Crippen LogP contribution in [0.5, 0.6) is 0 Å². The Kier molecular flexibility index (Phi) is 14.8. The summed E-state index contributed by atoms with van der Waals surface area (Å²) in [5.74, 6) is -1.47. The van der Waals surface area contributed by atoms with Crippen molar-refractivity contribution in [2.45, 2.75) is 68.7 Å². The molecule has 3 aromatic rings. The number of carbonyl (C=O) groups excluding carboxylic acids is 1. The lowest BCUT2D eigenvalue weighted by Gasteiger charge is -2.30. The molecule has 0 aliphatic carbocycles. The second kappa shape index (κ2) is 18.5. The number of thiazole rings is 1. The first-order valence-corrected chi connectivity index (χ1v) is 20.8. The summed E-state index contributed by atoms with van der Waals surface area (Å²) < 4.78 is 72.2. The Labute approximate surface area is 305 Å². The largest absolute Gasteiger partial charge is 0.344 e. The summed E-state index contributed by atoms with van der Waals surface area (Å²) in [6.45, 7) is 2.74. The molecule has 18 heteroatoms. The number of fused-ring (bicyclic) bond motifs is 2. The molecule has 4 rings (SSSR count). The van der Waals surface area contributed by atoms with Crippen molar-refractivity contribution < 1.29 is 60.1 Å². The van der Waals surface area contributed by atoms with Crippen molar-refractivity contribution in [1.82, 2.24) is 0 Å². The second-order valence-corrected chi connectivity index (χ2v) is 17.0. The molecule has 0 saturated heterocycles. The minimum Gasteiger partial charge on any atom is -0.344 e. The topological polar surface area (TPSA) is 201 Å². The zero-order valence-electron chi connectivity index (χ0n) is 27.8. The minimum atomic E-state index is -4.19. The van der Waals surface area contributed by atoms with E-state index in [4.69, 9.17) is 10.5 Å². The Morgan fingerprint density at radius 3 is 2.43 bits per heavy atom. The van der Waals surface area contributed by atoms with Gasteiger partial charge in [0.1, 0.15) is 4.70 Å². The monoisotopic (exact) mass is 785 g/mol. The van der Waals surface area contributed by atoms with E-state index in [0.717, 1.165) is 44.2 Å². The van der Waals surface area contributed by atoms with E-state index in [0.29, 0.717) is 37.1 Å². The summed E-state index contributed by atoms with van der Waals surface area (Å²) in [7, 11) is -8.28. The van der Waals surface area contributed by atoms with Gasteiger partial charge >= 0.3 is 5.97 Å². The SMILES string of the molecule is CC1(CCCCCC(=O)OO)/C(=C/C=C/C=C/c2sc3ccccc3[n+]2CCCS(=O)(=O)O)N(CCCS(=O)(=O)O)c2ccc(SOOO)cc21. The third kappa shape index (κ3) is 11.7. The predicted molar refractivity (Wildman–Crippen MR) is 194 cm³/mol. The molecule has 0 saturated carbocycles. The maximum Gasteiger partial charge on any atom is 0.342 e. The Bertz CT molecular complexity index is 1980. The summed E-state index contributed by atoms with van der Waals surface area (Å²) in [4.78, 5) is 17.9. The average molecular weight is 786 g/mol. The number of hydrogen-bond acceptors (Lipinski definition) is 13. The first-order chi connectivity index (χ1) is 24.3. The van der Waals surface area contributed by atoms with E-state index in [-0.39, 0.29) is 31.6 Å². The van der Waals surface area contributed by atoms with Crippen LogP contribution in [0, 0.1) is 0 Å². The molecule has 278 valence electrons. The molecular weight excluding hydrogens is 745 g/mol. The van der Waals surface area contributed by atoms with Gasteiger partial charge in [-0.15, -0.1) is 4.33 Å². The van der Waals surface area contributed by atoms with Gasteiger partial charge in [-0.25, -0.2) is 10.1 Å². The third-order valence-corrected chi connectivity index (χ3v) is 11.8. The third-order valence-electron chi connectivity index (χ3n) is 8.45. The average Bonchev–Trinajstić information content (AvgIpc) is 3.53. The first kappa shape index (κ1) is 40.6. The number of hydrogen-bond donors (Lipinski definition) is 4. The fourth-order valence-electron chi connectivity index (χ4n) is 6.18. The Morgan fingerprint density at radius 2 is 1.71 bits per heavy atom. The maximum absolute atomic E-state index is 11.6. The fraction of sp³-hybridized carbons (Fsp3) is 0.394. The molecule has 14 nitrogen and oxygen atoms in total. The minimum absolute atomic E-state index is 0.0724. The molecule has 4 N–H and O–H groups in total. The molecule has 2 heterocycles. The van der Waals surface area contributed by atoms with Crippen LogP contribution in [-0.4, -0.2) is 60.5 Å². The van der Waals surface area contributed by atoms with Gasteiger partial charge in [-0.05, 0) is 62.1 Å². The smallest absolute Gasteiger partial charge is 0.342 e. The summed E-state index contributed by atoms with van der Waals surface area (Å²) >= 11 is 2.36. The highest BCUT2D eigenvalue weighted by atomic mass is 32.2. The highest BCUT2D eigenvalue weighted by molar-refractivity contribution is 7.94. The summed E-state index contributed by atoms with van der Waals surface area (Å²) in [6, 6.07) is 13.3. The van der Waals surface area contributed by atoms with Crippen molar-refractivity contribution >= 4 is 71.6 Å². The van der Waals surface area contributed by atoms with Crippen LogP contribution >= 0.6 is 23.4 Å². The van der Waals surface area contributed by atoms with Gasteiger partial charge in [0.25, 0.3) is 25.2 Å². The number of nitrogens with zero attached hydrogens (tertiary/aromatic N) is 2. The normalized spacial score (nSPS) is 17.4. The standard InChI is InChI=1S/C33H40N2O12S4/c1-33(19-9-3-6-16-32(36)45-37)26-24-25(49-47-46-38)17-18-27(26)34(20-10-22-50(39,40)41)30(33)14-4-2-5-15-31-35(21-11-23-51(42,43)44)28-12-7-8-13-29(28)48-31/h2,4-5,7-8,12-15,17-18,24H,3,6,9-11,16,19-23H2,1H3,(H3-,37,38,39,40,41,42,43,44)/p+1. The predicted octanol–water partition coefficient (Wildman–Crippen LogP) is 6.37. The van der Waals surface area contributed by atoms with Crippen molar-refractivity contribution in [3.8, 4) is 0 Å². The van der Waals surface area contributed by atoms with Gasteiger partial charge in [0.15, 0.2) is 6.54 Å². The lowest BCUT2D eigenvalue weighted by Crippen LogP contribution is -2.35. The molecule has 0 radical (unpaired) electrons. The van der Waals surface area contributed by atoms with Crippen molar-refractivity contribution in [3.05, 3.63) is 83.0 Å². The van der Waals surface area contributed by atoms with Crippen LogP contribution in [0.4, 0.5) is 5.69 Å². The molecule has 1 atom stereocenters. The van der Waals surface area contributed by atoms with Crippen LogP contribution < -0.4 is 9.47 Å². The van der Waals surface area contributed by atoms with Crippen LogP contribution in [0.3, 0.4) is 0 Å². The first-order valence-electron chi connectivity index (χ1n) is 16.0. The van der Waals surface area contributed by atoms with Crippen LogP contribution in [-0.2, 0) is 51.3 Å².